The summed E-state index contributed by atoms with van der Waals surface area (Å²) in [6.07, 6.45) is 2.77. The first kappa shape index (κ1) is 12.5. The van der Waals surface area contributed by atoms with E-state index in [4.69, 9.17) is 5.73 Å². The number of likely N-dealkylation sites (tertiary alicyclic amines) is 1. The largest absolute Gasteiger partial charge is 0.339 e. The SMILES string of the molecule is CCC(C)(C)C(=O)N1CCC(N)CC1C. The zero-order valence-electron chi connectivity index (χ0n) is 10.4. The van der Waals surface area contributed by atoms with Crippen molar-refractivity contribution in [1.82, 2.24) is 4.90 Å². The fourth-order valence-electron chi connectivity index (χ4n) is 2.05. The second-order valence-corrected chi connectivity index (χ2v) is 5.37. The van der Waals surface area contributed by atoms with Crippen molar-refractivity contribution >= 4 is 5.91 Å². The number of piperidine rings is 1. The number of hydrogen-bond donors (Lipinski definition) is 1. The predicted molar refractivity (Wildman–Crippen MR) is 62.5 cm³/mol. The lowest BCUT2D eigenvalue weighted by atomic mass is 9.86. The minimum atomic E-state index is -0.226. The maximum Gasteiger partial charge on any atom is 0.228 e. The molecule has 3 heteroatoms. The van der Waals surface area contributed by atoms with E-state index in [0.717, 1.165) is 25.8 Å². The lowest BCUT2D eigenvalue weighted by molar-refractivity contribution is -0.144. The Labute approximate surface area is 93.0 Å². The average molecular weight is 212 g/mol. The van der Waals surface area contributed by atoms with Gasteiger partial charge in [0.15, 0.2) is 0 Å². The highest BCUT2D eigenvalue weighted by molar-refractivity contribution is 5.82. The molecule has 2 unspecified atom stereocenters. The maximum atomic E-state index is 12.3. The van der Waals surface area contributed by atoms with E-state index >= 15 is 0 Å². The van der Waals surface area contributed by atoms with Gasteiger partial charge >= 0.3 is 0 Å². The first-order valence-electron chi connectivity index (χ1n) is 5.95. The van der Waals surface area contributed by atoms with Gasteiger partial charge in [-0.2, -0.15) is 0 Å². The minimum Gasteiger partial charge on any atom is -0.339 e. The average Bonchev–Trinajstić information content (AvgIpc) is 2.17. The third kappa shape index (κ3) is 2.71. The Kier molecular flexibility index (Phi) is 3.77. The van der Waals surface area contributed by atoms with Crippen LogP contribution in [0.25, 0.3) is 0 Å². The van der Waals surface area contributed by atoms with Crippen LogP contribution < -0.4 is 5.73 Å². The molecule has 3 nitrogen and oxygen atoms in total. The van der Waals surface area contributed by atoms with Crippen LogP contribution in [-0.2, 0) is 4.79 Å². The lowest BCUT2D eigenvalue weighted by Gasteiger charge is -2.40. The molecule has 0 radical (unpaired) electrons. The van der Waals surface area contributed by atoms with Crippen LogP contribution >= 0.6 is 0 Å². The summed E-state index contributed by atoms with van der Waals surface area (Å²) in [7, 11) is 0. The molecule has 1 fully saturated rings. The van der Waals surface area contributed by atoms with E-state index < -0.39 is 0 Å². The van der Waals surface area contributed by atoms with E-state index in [2.05, 4.69) is 13.8 Å². The lowest BCUT2D eigenvalue weighted by Crippen LogP contribution is -2.52. The summed E-state index contributed by atoms with van der Waals surface area (Å²) in [5, 5.41) is 0. The number of hydrogen-bond acceptors (Lipinski definition) is 2. The molecule has 2 atom stereocenters. The summed E-state index contributed by atoms with van der Waals surface area (Å²) in [5.74, 6) is 0.282. The van der Waals surface area contributed by atoms with Gasteiger partial charge in [0.1, 0.15) is 0 Å². The van der Waals surface area contributed by atoms with Gasteiger partial charge in [0.2, 0.25) is 5.91 Å². The summed E-state index contributed by atoms with van der Waals surface area (Å²) in [6.45, 7) is 9.04. The Morgan fingerprint density at radius 3 is 2.60 bits per heavy atom. The number of nitrogens with zero attached hydrogens (tertiary/aromatic N) is 1. The molecule has 0 aromatic carbocycles. The van der Waals surface area contributed by atoms with Gasteiger partial charge in [0, 0.05) is 24.0 Å². The van der Waals surface area contributed by atoms with Crippen LogP contribution in [0.5, 0.6) is 0 Å². The molecular formula is C12H24N2O. The standard InChI is InChI=1S/C12H24N2O/c1-5-12(3,4)11(15)14-7-6-10(13)8-9(14)2/h9-10H,5-8,13H2,1-4H3. The zero-order chi connectivity index (χ0) is 11.6. The normalized spacial score (nSPS) is 27.9. The van der Waals surface area contributed by atoms with Gasteiger partial charge < -0.3 is 10.6 Å². The highest BCUT2D eigenvalue weighted by atomic mass is 16.2. The summed E-state index contributed by atoms with van der Waals surface area (Å²) >= 11 is 0. The number of carbonyl (C=O) groups excluding carboxylic acids is 1. The Hall–Kier alpha value is -0.570. The monoisotopic (exact) mass is 212 g/mol. The van der Waals surface area contributed by atoms with E-state index in [1.807, 2.05) is 18.7 Å². The van der Waals surface area contributed by atoms with Crippen LogP contribution in [0.4, 0.5) is 0 Å². The van der Waals surface area contributed by atoms with Crippen molar-refractivity contribution in [3.8, 4) is 0 Å². The fourth-order valence-corrected chi connectivity index (χ4v) is 2.05. The van der Waals surface area contributed by atoms with E-state index in [-0.39, 0.29) is 17.4 Å². The van der Waals surface area contributed by atoms with E-state index in [1.54, 1.807) is 0 Å². The molecule has 0 bridgehead atoms. The summed E-state index contributed by atoms with van der Waals surface area (Å²) in [6, 6.07) is 0.570. The number of carbonyl (C=O) groups is 1. The zero-order valence-corrected chi connectivity index (χ0v) is 10.4. The van der Waals surface area contributed by atoms with Crippen LogP contribution in [-0.4, -0.2) is 29.4 Å². The summed E-state index contributed by atoms with van der Waals surface area (Å²) in [4.78, 5) is 14.3. The van der Waals surface area contributed by atoms with Crippen molar-refractivity contribution in [2.75, 3.05) is 6.54 Å². The molecule has 15 heavy (non-hydrogen) atoms. The molecule has 2 N–H and O–H groups in total. The third-order valence-electron chi connectivity index (χ3n) is 3.64. The fraction of sp³-hybridized carbons (Fsp3) is 0.917. The van der Waals surface area contributed by atoms with Gasteiger partial charge in [-0.05, 0) is 26.2 Å². The van der Waals surface area contributed by atoms with Crippen LogP contribution in [0.1, 0.15) is 47.0 Å². The predicted octanol–water partition coefficient (Wildman–Crippen LogP) is 1.76. The minimum absolute atomic E-state index is 0.226. The Bertz CT molecular complexity index is 238. The van der Waals surface area contributed by atoms with Crippen molar-refractivity contribution in [2.24, 2.45) is 11.1 Å². The van der Waals surface area contributed by atoms with Crippen molar-refractivity contribution in [3.05, 3.63) is 0 Å². The van der Waals surface area contributed by atoms with E-state index in [9.17, 15) is 4.79 Å². The maximum absolute atomic E-state index is 12.3. The Balaban J connectivity index is 2.68. The highest BCUT2D eigenvalue weighted by Crippen LogP contribution is 2.27. The summed E-state index contributed by atoms with van der Waals surface area (Å²) < 4.78 is 0. The first-order chi connectivity index (χ1) is 6.88. The molecular weight excluding hydrogens is 188 g/mol. The molecule has 0 spiro atoms. The second kappa shape index (κ2) is 4.52. The van der Waals surface area contributed by atoms with Crippen molar-refractivity contribution in [1.29, 1.82) is 0 Å². The van der Waals surface area contributed by atoms with Crippen molar-refractivity contribution < 1.29 is 4.79 Å². The molecule has 0 saturated carbocycles. The van der Waals surface area contributed by atoms with Crippen LogP contribution in [0.2, 0.25) is 0 Å². The van der Waals surface area contributed by atoms with Gasteiger partial charge in [-0.15, -0.1) is 0 Å². The van der Waals surface area contributed by atoms with Crippen LogP contribution in [0, 0.1) is 5.41 Å². The van der Waals surface area contributed by atoms with Crippen LogP contribution in [0.15, 0.2) is 0 Å². The van der Waals surface area contributed by atoms with Gasteiger partial charge in [0.25, 0.3) is 0 Å². The smallest absolute Gasteiger partial charge is 0.228 e. The number of amides is 1. The molecule has 0 aromatic heterocycles. The molecule has 1 aliphatic heterocycles. The van der Waals surface area contributed by atoms with Crippen molar-refractivity contribution in [3.63, 3.8) is 0 Å². The van der Waals surface area contributed by atoms with Gasteiger partial charge in [-0.25, -0.2) is 0 Å². The van der Waals surface area contributed by atoms with Crippen LogP contribution in [0.3, 0.4) is 0 Å². The topological polar surface area (TPSA) is 46.3 Å². The quantitative estimate of drug-likeness (QED) is 0.758. The second-order valence-electron chi connectivity index (χ2n) is 5.37. The van der Waals surface area contributed by atoms with E-state index in [0.29, 0.717) is 6.04 Å². The molecule has 1 rings (SSSR count). The van der Waals surface area contributed by atoms with Gasteiger partial charge in [-0.1, -0.05) is 20.8 Å². The molecule has 1 amide bonds. The number of rotatable bonds is 2. The third-order valence-corrected chi connectivity index (χ3v) is 3.64. The highest BCUT2D eigenvalue weighted by Gasteiger charge is 2.35. The molecule has 0 aromatic rings. The molecule has 88 valence electrons. The first-order valence-corrected chi connectivity index (χ1v) is 5.95. The van der Waals surface area contributed by atoms with Gasteiger partial charge in [-0.3, -0.25) is 4.79 Å². The number of nitrogens with two attached hydrogens (primary N) is 1. The molecule has 1 aliphatic rings. The summed E-state index contributed by atoms with van der Waals surface area (Å²) in [5.41, 5.74) is 5.66. The van der Waals surface area contributed by atoms with Gasteiger partial charge in [0.05, 0.1) is 0 Å². The molecule has 0 aliphatic carbocycles. The Morgan fingerprint density at radius 1 is 1.53 bits per heavy atom. The Morgan fingerprint density at radius 2 is 2.13 bits per heavy atom. The van der Waals surface area contributed by atoms with E-state index in [1.165, 1.54) is 0 Å². The van der Waals surface area contributed by atoms with Crippen molar-refractivity contribution in [2.45, 2.75) is 59.0 Å². The molecule has 1 heterocycles. The molecule has 1 saturated heterocycles.